The monoisotopic (exact) mass is 226 g/mol. The second kappa shape index (κ2) is 5.96. The highest BCUT2D eigenvalue weighted by Crippen LogP contribution is 2.10. The molecule has 90 valence electrons. The fourth-order valence-electron chi connectivity index (χ4n) is 1.29. The average Bonchev–Trinajstić information content (AvgIpc) is 2.24. The van der Waals surface area contributed by atoms with E-state index in [4.69, 9.17) is 17.2 Å². The molecule has 1 heterocycles. The van der Waals surface area contributed by atoms with Gasteiger partial charge in [0.15, 0.2) is 5.82 Å². The third-order valence-electron chi connectivity index (χ3n) is 2.15. The molecular formula is C9H18N6O. The first kappa shape index (κ1) is 12.3. The number of nitrogens with zero attached hydrogens (tertiary/aromatic N) is 1. The molecule has 16 heavy (non-hydrogen) atoms. The van der Waals surface area contributed by atoms with Crippen LogP contribution in [0.1, 0.15) is 19.3 Å². The second-order valence-corrected chi connectivity index (χ2v) is 3.49. The van der Waals surface area contributed by atoms with E-state index in [1.165, 1.54) is 0 Å². The zero-order valence-corrected chi connectivity index (χ0v) is 9.12. The Morgan fingerprint density at radius 2 is 2.00 bits per heavy atom. The van der Waals surface area contributed by atoms with Crippen LogP contribution in [-0.2, 0) is 0 Å². The lowest BCUT2D eigenvalue weighted by molar-refractivity contribution is 0.706. The van der Waals surface area contributed by atoms with Gasteiger partial charge in [0.05, 0.1) is 0 Å². The van der Waals surface area contributed by atoms with Crippen molar-refractivity contribution in [1.82, 2.24) is 9.97 Å². The molecule has 0 saturated heterocycles. The Labute approximate surface area is 93.4 Å². The zero-order valence-electron chi connectivity index (χ0n) is 9.12. The summed E-state index contributed by atoms with van der Waals surface area (Å²) in [6.45, 7) is 1.39. The lowest BCUT2D eigenvalue weighted by atomic mass is 10.2. The van der Waals surface area contributed by atoms with Crippen LogP contribution in [0.4, 0.5) is 17.5 Å². The SMILES string of the molecule is NCCCCCNc1nc(N)[nH]c(=O)c1N. The van der Waals surface area contributed by atoms with E-state index in [0.29, 0.717) is 18.9 Å². The van der Waals surface area contributed by atoms with E-state index in [1.807, 2.05) is 0 Å². The van der Waals surface area contributed by atoms with Gasteiger partial charge >= 0.3 is 0 Å². The van der Waals surface area contributed by atoms with Gasteiger partial charge in [-0.3, -0.25) is 9.78 Å². The van der Waals surface area contributed by atoms with E-state index in [1.54, 1.807) is 0 Å². The van der Waals surface area contributed by atoms with Gasteiger partial charge in [-0.25, -0.2) is 0 Å². The van der Waals surface area contributed by atoms with Crippen LogP contribution in [0.3, 0.4) is 0 Å². The minimum Gasteiger partial charge on any atom is -0.391 e. The minimum absolute atomic E-state index is 0.0589. The molecule has 1 aromatic heterocycles. The highest BCUT2D eigenvalue weighted by atomic mass is 16.1. The van der Waals surface area contributed by atoms with Crippen LogP contribution >= 0.6 is 0 Å². The third kappa shape index (κ3) is 3.43. The van der Waals surface area contributed by atoms with Crippen LogP contribution < -0.4 is 28.1 Å². The predicted octanol–water partition coefficient (Wildman–Crippen LogP) is -0.525. The summed E-state index contributed by atoms with van der Waals surface area (Å²) in [5.74, 6) is 0.401. The van der Waals surface area contributed by atoms with E-state index in [9.17, 15) is 4.79 Å². The molecule has 0 spiro atoms. The van der Waals surface area contributed by atoms with Gasteiger partial charge in [0.25, 0.3) is 5.56 Å². The zero-order chi connectivity index (χ0) is 12.0. The van der Waals surface area contributed by atoms with E-state index in [0.717, 1.165) is 19.3 Å². The minimum atomic E-state index is -0.419. The molecule has 0 fully saturated rings. The quantitative estimate of drug-likeness (QED) is 0.414. The number of aromatic amines is 1. The number of rotatable bonds is 6. The summed E-state index contributed by atoms with van der Waals surface area (Å²) < 4.78 is 0. The van der Waals surface area contributed by atoms with Gasteiger partial charge < -0.3 is 22.5 Å². The molecule has 0 aromatic carbocycles. The smallest absolute Gasteiger partial charge is 0.277 e. The molecule has 1 rings (SSSR count). The molecule has 0 radical (unpaired) electrons. The Morgan fingerprint density at radius 3 is 2.69 bits per heavy atom. The Hall–Kier alpha value is -1.76. The normalized spacial score (nSPS) is 10.3. The molecular weight excluding hydrogens is 208 g/mol. The van der Waals surface area contributed by atoms with Crippen molar-refractivity contribution in [3.8, 4) is 0 Å². The van der Waals surface area contributed by atoms with Crippen LogP contribution in [0.5, 0.6) is 0 Å². The summed E-state index contributed by atoms with van der Waals surface area (Å²) in [5, 5.41) is 2.98. The Bertz CT molecular complexity index is 388. The molecule has 0 aliphatic rings. The maximum atomic E-state index is 11.2. The summed E-state index contributed by atoms with van der Waals surface area (Å²) >= 11 is 0. The molecule has 0 unspecified atom stereocenters. The molecule has 0 saturated carbocycles. The summed E-state index contributed by atoms with van der Waals surface area (Å²) in [7, 11) is 0. The van der Waals surface area contributed by atoms with Gasteiger partial charge in [-0.1, -0.05) is 6.42 Å². The molecule has 0 bridgehead atoms. The Kier molecular flexibility index (Phi) is 4.59. The van der Waals surface area contributed by atoms with E-state index < -0.39 is 5.56 Å². The fraction of sp³-hybridized carbons (Fsp3) is 0.556. The van der Waals surface area contributed by atoms with E-state index >= 15 is 0 Å². The number of unbranched alkanes of at least 4 members (excludes halogenated alkanes) is 2. The average molecular weight is 226 g/mol. The van der Waals surface area contributed by atoms with Crippen LogP contribution in [0.15, 0.2) is 4.79 Å². The number of nitrogen functional groups attached to an aromatic ring is 2. The van der Waals surface area contributed by atoms with Crippen molar-refractivity contribution in [2.45, 2.75) is 19.3 Å². The lowest BCUT2D eigenvalue weighted by Gasteiger charge is -2.07. The molecule has 0 aliphatic carbocycles. The maximum absolute atomic E-state index is 11.2. The molecule has 7 heteroatoms. The molecule has 7 nitrogen and oxygen atoms in total. The number of nitrogens with one attached hydrogen (secondary N) is 2. The largest absolute Gasteiger partial charge is 0.391 e. The van der Waals surface area contributed by atoms with Crippen molar-refractivity contribution in [3.63, 3.8) is 0 Å². The number of anilines is 3. The Morgan fingerprint density at radius 1 is 1.25 bits per heavy atom. The highest BCUT2D eigenvalue weighted by Gasteiger charge is 2.05. The second-order valence-electron chi connectivity index (χ2n) is 3.49. The summed E-state index contributed by atoms with van der Waals surface area (Å²) in [5.41, 5.74) is 16.0. The van der Waals surface area contributed by atoms with Crippen LogP contribution in [0.2, 0.25) is 0 Å². The maximum Gasteiger partial charge on any atom is 0.277 e. The van der Waals surface area contributed by atoms with Gasteiger partial charge in [0.1, 0.15) is 5.69 Å². The van der Waals surface area contributed by atoms with Crippen molar-refractivity contribution >= 4 is 17.5 Å². The lowest BCUT2D eigenvalue weighted by Crippen LogP contribution is -2.19. The molecule has 8 N–H and O–H groups in total. The first-order valence-electron chi connectivity index (χ1n) is 5.24. The first-order chi connectivity index (χ1) is 7.65. The number of hydrogen-bond acceptors (Lipinski definition) is 6. The van der Waals surface area contributed by atoms with E-state index in [2.05, 4.69) is 15.3 Å². The van der Waals surface area contributed by atoms with Crippen molar-refractivity contribution < 1.29 is 0 Å². The van der Waals surface area contributed by atoms with Gasteiger partial charge in [-0.05, 0) is 19.4 Å². The number of hydrogen-bond donors (Lipinski definition) is 5. The number of H-pyrrole nitrogens is 1. The van der Waals surface area contributed by atoms with Gasteiger partial charge in [0, 0.05) is 6.54 Å². The Balaban J connectivity index is 2.50. The van der Waals surface area contributed by atoms with Crippen molar-refractivity contribution in [3.05, 3.63) is 10.4 Å². The highest BCUT2D eigenvalue weighted by molar-refractivity contribution is 5.60. The van der Waals surface area contributed by atoms with Gasteiger partial charge in [-0.15, -0.1) is 0 Å². The summed E-state index contributed by atoms with van der Waals surface area (Å²) in [6, 6.07) is 0. The van der Waals surface area contributed by atoms with Gasteiger partial charge in [0.2, 0.25) is 5.95 Å². The molecule has 1 aromatic rings. The summed E-state index contributed by atoms with van der Waals surface area (Å²) in [4.78, 5) is 17.5. The fourth-order valence-corrected chi connectivity index (χ4v) is 1.29. The van der Waals surface area contributed by atoms with Gasteiger partial charge in [-0.2, -0.15) is 4.98 Å². The first-order valence-corrected chi connectivity index (χ1v) is 5.24. The van der Waals surface area contributed by atoms with Crippen molar-refractivity contribution in [2.24, 2.45) is 5.73 Å². The van der Waals surface area contributed by atoms with Crippen molar-refractivity contribution in [1.29, 1.82) is 0 Å². The number of nitrogens with two attached hydrogens (primary N) is 3. The summed E-state index contributed by atoms with van der Waals surface area (Å²) in [6.07, 6.45) is 2.97. The van der Waals surface area contributed by atoms with Crippen molar-refractivity contribution in [2.75, 3.05) is 29.9 Å². The van der Waals surface area contributed by atoms with Crippen LogP contribution in [0.25, 0.3) is 0 Å². The molecule has 0 amide bonds. The van der Waals surface area contributed by atoms with Crippen LogP contribution in [-0.4, -0.2) is 23.1 Å². The predicted molar refractivity (Wildman–Crippen MR) is 65.1 cm³/mol. The van der Waals surface area contributed by atoms with E-state index in [-0.39, 0.29) is 11.6 Å². The topological polar surface area (TPSA) is 136 Å². The standard InChI is InChI=1S/C9H18N6O/c10-4-2-1-3-5-13-7-6(11)8(16)15-9(12)14-7/h1-5,10-11H2,(H4,12,13,14,15,16). The molecule has 0 aliphatic heterocycles. The van der Waals surface area contributed by atoms with Crippen LogP contribution in [0, 0.1) is 0 Å². The third-order valence-corrected chi connectivity index (χ3v) is 2.15. The molecule has 0 atom stereocenters. The number of aromatic nitrogens is 2.